The number of carbonyl (C=O) groups excluding carboxylic acids is 3. The van der Waals surface area contributed by atoms with Gasteiger partial charge in [-0.05, 0) is 18.6 Å². The number of nitrogens with zero attached hydrogens (tertiary/aromatic N) is 1. The highest BCUT2D eigenvalue weighted by molar-refractivity contribution is 7.80. The van der Waals surface area contributed by atoms with E-state index < -0.39 is 12.0 Å². The number of carbonyl (C=O) groups is 3. The second kappa shape index (κ2) is 13.4. The number of amides is 2. The molecule has 0 aromatic rings. The second-order valence-electron chi connectivity index (χ2n) is 6.44. The number of rotatable bonds is 11. The smallest absolute Gasteiger partial charge is 0.308 e. The molecule has 27 heavy (non-hydrogen) atoms. The van der Waals surface area contributed by atoms with Crippen LogP contribution in [0.3, 0.4) is 0 Å². The van der Waals surface area contributed by atoms with Crippen LogP contribution in [0.25, 0.3) is 0 Å². The normalized spacial score (nSPS) is 16.6. The quantitative estimate of drug-likeness (QED) is 0.304. The third-order valence-corrected chi connectivity index (χ3v) is 4.59. The molecule has 2 N–H and O–H groups in total. The SMILES string of the molecule is CCCCCCCC(=O)NC(=S)N1CCNC(=O)C1CC(=O)OCCOC. The number of ether oxygens (including phenoxy) is 2. The summed E-state index contributed by atoms with van der Waals surface area (Å²) in [6.07, 6.45) is 5.53. The van der Waals surface area contributed by atoms with Gasteiger partial charge in [0.25, 0.3) is 0 Å². The Bertz CT molecular complexity index is 515. The molecule has 1 fully saturated rings. The van der Waals surface area contributed by atoms with Gasteiger partial charge in [0.2, 0.25) is 11.8 Å². The Morgan fingerprint density at radius 3 is 2.70 bits per heavy atom. The first-order valence-electron chi connectivity index (χ1n) is 9.52. The Labute approximate surface area is 166 Å². The van der Waals surface area contributed by atoms with E-state index in [2.05, 4.69) is 17.6 Å². The standard InChI is InChI=1S/C18H31N3O5S/c1-3-4-5-6-7-8-15(22)20-18(27)21-10-9-19-17(24)14(21)13-16(23)26-12-11-25-2/h14H,3-13H2,1-2H3,(H,19,24)(H,20,22,27). The van der Waals surface area contributed by atoms with E-state index in [4.69, 9.17) is 21.7 Å². The van der Waals surface area contributed by atoms with E-state index in [-0.39, 0.29) is 30.0 Å². The lowest BCUT2D eigenvalue weighted by atomic mass is 10.1. The maximum absolute atomic E-state index is 12.2. The van der Waals surface area contributed by atoms with Crippen LogP contribution in [0.15, 0.2) is 0 Å². The molecule has 1 atom stereocenters. The number of methoxy groups -OCH3 is 1. The second-order valence-corrected chi connectivity index (χ2v) is 6.82. The maximum atomic E-state index is 12.2. The van der Waals surface area contributed by atoms with Gasteiger partial charge in [-0.25, -0.2) is 0 Å². The Kier molecular flexibility index (Phi) is 11.6. The minimum Gasteiger partial charge on any atom is -0.463 e. The number of thiocarbonyl (C=S) groups is 1. The molecule has 0 aliphatic carbocycles. The van der Waals surface area contributed by atoms with Crippen molar-refractivity contribution in [3.05, 3.63) is 0 Å². The molecule has 0 spiro atoms. The van der Waals surface area contributed by atoms with Gasteiger partial charge in [-0.15, -0.1) is 0 Å². The summed E-state index contributed by atoms with van der Waals surface area (Å²) < 4.78 is 9.85. The van der Waals surface area contributed by atoms with Crippen LogP contribution in [-0.4, -0.2) is 67.3 Å². The Hall–Kier alpha value is -1.74. The molecule has 0 saturated carbocycles. The van der Waals surface area contributed by atoms with Crippen LogP contribution in [0, 0.1) is 0 Å². The predicted molar refractivity (Wildman–Crippen MR) is 105 cm³/mol. The fraction of sp³-hybridized carbons (Fsp3) is 0.778. The molecule has 2 amide bonds. The van der Waals surface area contributed by atoms with Gasteiger partial charge in [-0.1, -0.05) is 32.6 Å². The molecule has 154 valence electrons. The summed E-state index contributed by atoms with van der Waals surface area (Å²) in [7, 11) is 1.51. The Morgan fingerprint density at radius 2 is 2.00 bits per heavy atom. The number of nitrogens with one attached hydrogen (secondary N) is 2. The lowest BCUT2D eigenvalue weighted by Crippen LogP contribution is -2.60. The van der Waals surface area contributed by atoms with E-state index >= 15 is 0 Å². The third kappa shape index (κ3) is 9.14. The van der Waals surface area contributed by atoms with Gasteiger partial charge in [0.15, 0.2) is 5.11 Å². The highest BCUT2D eigenvalue weighted by atomic mass is 32.1. The van der Waals surface area contributed by atoms with Crippen LogP contribution in [-0.2, 0) is 23.9 Å². The largest absolute Gasteiger partial charge is 0.463 e. The number of hydrogen-bond acceptors (Lipinski definition) is 6. The number of piperazine rings is 1. The summed E-state index contributed by atoms with van der Waals surface area (Å²) in [5.41, 5.74) is 0. The van der Waals surface area contributed by atoms with Crippen molar-refractivity contribution in [3.8, 4) is 0 Å². The Morgan fingerprint density at radius 1 is 1.26 bits per heavy atom. The molecule has 0 aromatic carbocycles. The van der Waals surface area contributed by atoms with E-state index in [0.717, 1.165) is 25.7 Å². The molecule has 1 heterocycles. The van der Waals surface area contributed by atoms with Gasteiger partial charge in [-0.3, -0.25) is 14.4 Å². The monoisotopic (exact) mass is 401 g/mol. The van der Waals surface area contributed by atoms with Crippen molar-refractivity contribution in [1.29, 1.82) is 0 Å². The van der Waals surface area contributed by atoms with Crippen LogP contribution in [0.1, 0.15) is 51.9 Å². The van der Waals surface area contributed by atoms with Crippen molar-refractivity contribution in [2.75, 3.05) is 33.4 Å². The van der Waals surface area contributed by atoms with Crippen molar-refractivity contribution in [3.63, 3.8) is 0 Å². The van der Waals surface area contributed by atoms with E-state index in [1.165, 1.54) is 13.5 Å². The molecule has 1 aliphatic rings. The molecule has 1 rings (SSSR count). The van der Waals surface area contributed by atoms with Gasteiger partial charge in [-0.2, -0.15) is 0 Å². The van der Waals surface area contributed by atoms with Crippen molar-refractivity contribution in [2.24, 2.45) is 0 Å². The average Bonchev–Trinajstić information content (AvgIpc) is 2.63. The lowest BCUT2D eigenvalue weighted by molar-refractivity contribution is -0.148. The molecule has 1 unspecified atom stereocenters. The third-order valence-electron chi connectivity index (χ3n) is 4.26. The zero-order chi connectivity index (χ0) is 20.1. The molecule has 1 aliphatic heterocycles. The van der Waals surface area contributed by atoms with Gasteiger partial charge >= 0.3 is 5.97 Å². The van der Waals surface area contributed by atoms with Gasteiger partial charge in [0.1, 0.15) is 12.6 Å². The summed E-state index contributed by atoms with van der Waals surface area (Å²) in [6, 6.07) is -0.786. The number of esters is 1. The Balaban J connectivity index is 2.49. The molecule has 0 radical (unpaired) electrons. The van der Waals surface area contributed by atoms with Gasteiger partial charge in [0.05, 0.1) is 13.0 Å². The van der Waals surface area contributed by atoms with E-state index in [1.54, 1.807) is 4.90 Å². The average molecular weight is 402 g/mol. The van der Waals surface area contributed by atoms with Crippen LogP contribution in [0.2, 0.25) is 0 Å². The fourth-order valence-corrected chi connectivity index (χ4v) is 3.09. The highest BCUT2D eigenvalue weighted by Crippen LogP contribution is 2.11. The molecule has 9 heteroatoms. The molecule has 0 bridgehead atoms. The van der Waals surface area contributed by atoms with Crippen molar-refractivity contribution in [1.82, 2.24) is 15.5 Å². The summed E-state index contributed by atoms with van der Waals surface area (Å²) in [4.78, 5) is 37.8. The number of unbranched alkanes of at least 4 members (excludes halogenated alkanes) is 4. The van der Waals surface area contributed by atoms with Gasteiger partial charge < -0.3 is 25.0 Å². The minimum absolute atomic E-state index is 0.128. The molecular weight excluding hydrogens is 370 g/mol. The summed E-state index contributed by atoms with van der Waals surface area (Å²) in [6.45, 7) is 3.39. The van der Waals surface area contributed by atoms with Gasteiger partial charge in [0, 0.05) is 26.6 Å². The van der Waals surface area contributed by atoms with Crippen molar-refractivity contribution in [2.45, 2.75) is 57.9 Å². The summed E-state index contributed by atoms with van der Waals surface area (Å²) in [5.74, 6) is -0.978. The topological polar surface area (TPSA) is 97.0 Å². The van der Waals surface area contributed by atoms with Crippen LogP contribution >= 0.6 is 12.2 Å². The summed E-state index contributed by atoms with van der Waals surface area (Å²) >= 11 is 5.30. The first-order valence-corrected chi connectivity index (χ1v) is 9.93. The first kappa shape index (κ1) is 23.3. The lowest BCUT2D eigenvalue weighted by Gasteiger charge is -2.36. The molecular formula is C18H31N3O5S. The van der Waals surface area contributed by atoms with Crippen molar-refractivity contribution < 1.29 is 23.9 Å². The minimum atomic E-state index is -0.786. The molecule has 1 saturated heterocycles. The van der Waals surface area contributed by atoms with Crippen LogP contribution < -0.4 is 10.6 Å². The first-order chi connectivity index (χ1) is 13.0. The van der Waals surface area contributed by atoms with E-state index in [0.29, 0.717) is 26.1 Å². The van der Waals surface area contributed by atoms with Crippen molar-refractivity contribution >= 4 is 35.1 Å². The van der Waals surface area contributed by atoms with Crippen LogP contribution in [0.5, 0.6) is 0 Å². The van der Waals surface area contributed by atoms with Crippen LogP contribution in [0.4, 0.5) is 0 Å². The fourth-order valence-electron chi connectivity index (χ4n) is 2.76. The zero-order valence-electron chi connectivity index (χ0n) is 16.3. The zero-order valence-corrected chi connectivity index (χ0v) is 17.1. The molecule has 0 aromatic heterocycles. The highest BCUT2D eigenvalue weighted by Gasteiger charge is 2.34. The maximum Gasteiger partial charge on any atom is 0.308 e. The van der Waals surface area contributed by atoms with E-state index in [1.807, 2.05) is 0 Å². The predicted octanol–water partition coefficient (Wildman–Crippen LogP) is 1.13. The molecule has 8 nitrogen and oxygen atoms in total. The number of hydrogen-bond donors (Lipinski definition) is 2. The van der Waals surface area contributed by atoms with E-state index in [9.17, 15) is 14.4 Å². The summed E-state index contributed by atoms with van der Waals surface area (Å²) in [5, 5.41) is 5.57.